The highest BCUT2D eigenvalue weighted by Crippen LogP contribution is 2.34. The summed E-state index contributed by atoms with van der Waals surface area (Å²) in [5, 5.41) is 0. The van der Waals surface area contributed by atoms with Gasteiger partial charge in [-0.1, -0.05) is 109 Å². The van der Waals surface area contributed by atoms with Crippen LogP contribution in [0.4, 0.5) is 0 Å². The van der Waals surface area contributed by atoms with Crippen molar-refractivity contribution in [3.63, 3.8) is 0 Å². The van der Waals surface area contributed by atoms with Crippen LogP contribution in [0, 0.1) is 0 Å². The number of rotatable bonds is 13. The minimum Gasteiger partial charge on any atom is -0.493 e. The molecule has 0 aliphatic heterocycles. The molecular weight excluding hydrogens is 316 g/mol. The molecule has 0 saturated carbocycles. The Balaban J connectivity index is 1.67. The minimum atomic E-state index is 0.537. The lowest BCUT2D eigenvalue weighted by Gasteiger charge is -2.08. The fourth-order valence-corrected chi connectivity index (χ4v) is 3.53. The zero-order chi connectivity index (χ0) is 18.6. The standard InChI is InChI=1S/C25H38O/c1-4-5-6-7-8-9-10-11-12-13-19-26-25-18-17-22(21(2)3)20-23-15-14-16-24(23)25/h14-18,20-21H,4-13,19H2,1-3H3. The van der Waals surface area contributed by atoms with Crippen LogP contribution in [0.15, 0.2) is 36.4 Å². The summed E-state index contributed by atoms with van der Waals surface area (Å²) in [6.07, 6.45) is 13.6. The van der Waals surface area contributed by atoms with E-state index in [1.807, 2.05) is 0 Å². The van der Waals surface area contributed by atoms with E-state index in [2.05, 4.69) is 57.2 Å². The molecular formula is C25H38O. The Labute approximate surface area is 161 Å². The zero-order valence-corrected chi connectivity index (χ0v) is 17.2. The summed E-state index contributed by atoms with van der Waals surface area (Å²) < 4.78 is 6.14. The molecule has 0 amide bonds. The molecule has 0 aromatic rings. The maximum Gasteiger partial charge on any atom is 0.127 e. The fourth-order valence-electron chi connectivity index (χ4n) is 3.53. The maximum absolute atomic E-state index is 6.14. The third-order valence-electron chi connectivity index (χ3n) is 5.29. The van der Waals surface area contributed by atoms with Crippen molar-refractivity contribution in [1.29, 1.82) is 0 Å². The van der Waals surface area contributed by atoms with Crippen molar-refractivity contribution in [2.75, 3.05) is 6.61 Å². The van der Waals surface area contributed by atoms with Crippen LogP contribution in [0.2, 0.25) is 0 Å². The van der Waals surface area contributed by atoms with Crippen molar-refractivity contribution in [3.8, 4) is 16.9 Å². The van der Waals surface area contributed by atoms with Gasteiger partial charge in [0.2, 0.25) is 0 Å². The molecule has 26 heavy (non-hydrogen) atoms. The molecule has 0 spiro atoms. The molecule has 1 nitrogen and oxygen atoms in total. The molecule has 0 fully saturated rings. The first kappa shape index (κ1) is 20.8. The molecule has 0 unspecified atom stereocenters. The Bertz CT molecular complexity index is 587. The normalized spacial score (nSPS) is 11.4. The SMILES string of the molecule is CCCCCCCCCCCCOc1ccc(C(C)C)cc2cccc1-2. The second-order valence-corrected chi connectivity index (χ2v) is 7.92. The number of hydrogen-bond donors (Lipinski definition) is 0. The van der Waals surface area contributed by atoms with Crippen LogP contribution in [-0.4, -0.2) is 6.61 Å². The van der Waals surface area contributed by atoms with Crippen molar-refractivity contribution < 1.29 is 4.74 Å². The summed E-state index contributed by atoms with van der Waals surface area (Å²) in [5.41, 5.74) is 3.90. The van der Waals surface area contributed by atoms with Crippen molar-refractivity contribution in [3.05, 3.63) is 42.0 Å². The Morgan fingerprint density at radius 3 is 2.08 bits per heavy atom. The second-order valence-electron chi connectivity index (χ2n) is 7.92. The maximum atomic E-state index is 6.14. The van der Waals surface area contributed by atoms with E-state index in [0.29, 0.717) is 5.92 Å². The average molecular weight is 355 g/mol. The van der Waals surface area contributed by atoms with Gasteiger partial charge < -0.3 is 4.74 Å². The minimum absolute atomic E-state index is 0.537. The number of unbranched alkanes of at least 4 members (excludes halogenated alkanes) is 9. The molecule has 0 heterocycles. The van der Waals surface area contributed by atoms with E-state index >= 15 is 0 Å². The molecule has 2 aliphatic rings. The molecule has 2 aliphatic carbocycles. The summed E-state index contributed by atoms with van der Waals surface area (Å²) in [6.45, 7) is 7.60. The van der Waals surface area contributed by atoms with Crippen LogP contribution in [0.3, 0.4) is 0 Å². The van der Waals surface area contributed by atoms with Gasteiger partial charge in [-0.2, -0.15) is 0 Å². The summed E-state index contributed by atoms with van der Waals surface area (Å²) in [5.74, 6) is 1.57. The molecule has 1 heteroatoms. The van der Waals surface area contributed by atoms with Crippen LogP contribution < -0.4 is 4.74 Å². The lowest BCUT2D eigenvalue weighted by Crippen LogP contribution is -1.97. The quantitative estimate of drug-likeness (QED) is 0.329. The summed E-state index contributed by atoms with van der Waals surface area (Å²) in [4.78, 5) is 0. The van der Waals surface area contributed by atoms with Crippen molar-refractivity contribution in [1.82, 2.24) is 0 Å². The Morgan fingerprint density at radius 2 is 1.42 bits per heavy atom. The summed E-state index contributed by atoms with van der Waals surface area (Å²) >= 11 is 0. The smallest absolute Gasteiger partial charge is 0.127 e. The van der Waals surface area contributed by atoms with E-state index in [0.717, 1.165) is 18.8 Å². The van der Waals surface area contributed by atoms with Gasteiger partial charge in [-0.05, 0) is 29.5 Å². The van der Waals surface area contributed by atoms with Gasteiger partial charge in [0.05, 0.1) is 6.61 Å². The second kappa shape index (κ2) is 12.0. The molecule has 0 bridgehead atoms. The number of fused-ring (bicyclic) bond motifs is 1. The van der Waals surface area contributed by atoms with Crippen LogP contribution in [0.1, 0.15) is 96.5 Å². The molecule has 0 aromatic heterocycles. The van der Waals surface area contributed by atoms with Crippen molar-refractivity contribution in [2.24, 2.45) is 0 Å². The van der Waals surface area contributed by atoms with Gasteiger partial charge in [0.15, 0.2) is 0 Å². The topological polar surface area (TPSA) is 9.23 Å². The van der Waals surface area contributed by atoms with Crippen LogP contribution in [0.5, 0.6) is 5.75 Å². The van der Waals surface area contributed by atoms with E-state index in [9.17, 15) is 0 Å². The predicted molar refractivity (Wildman–Crippen MR) is 114 cm³/mol. The van der Waals surface area contributed by atoms with Gasteiger partial charge >= 0.3 is 0 Å². The fraction of sp³-hybridized carbons (Fsp3) is 0.600. The van der Waals surface area contributed by atoms with Crippen LogP contribution in [-0.2, 0) is 0 Å². The third kappa shape index (κ3) is 7.02. The van der Waals surface area contributed by atoms with Gasteiger partial charge in [-0.25, -0.2) is 0 Å². The third-order valence-corrected chi connectivity index (χ3v) is 5.29. The van der Waals surface area contributed by atoms with Crippen LogP contribution in [0.25, 0.3) is 11.1 Å². The Kier molecular flexibility index (Phi) is 9.60. The van der Waals surface area contributed by atoms with Crippen molar-refractivity contribution >= 4 is 0 Å². The molecule has 0 N–H and O–H groups in total. The van der Waals surface area contributed by atoms with E-state index < -0.39 is 0 Å². The Hall–Kier alpha value is -1.50. The predicted octanol–water partition coefficient (Wildman–Crippen LogP) is 8.21. The summed E-state index contributed by atoms with van der Waals surface area (Å²) in [7, 11) is 0. The highest BCUT2D eigenvalue weighted by atomic mass is 16.5. The van der Waals surface area contributed by atoms with E-state index in [1.165, 1.54) is 74.5 Å². The average Bonchev–Trinajstić information content (AvgIpc) is 3.01. The van der Waals surface area contributed by atoms with Gasteiger partial charge in [0.25, 0.3) is 0 Å². The lowest BCUT2D eigenvalue weighted by atomic mass is 10.0. The van der Waals surface area contributed by atoms with Gasteiger partial charge in [0.1, 0.15) is 5.75 Å². The highest BCUT2D eigenvalue weighted by molar-refractivity contribution is 5.73. The zero-order valence-electron chi connectivity index (χ0n) is 17.2. The molecule has 0 radical (unpaired) electrons. The highest BCUT2D eigenvalue weighted by Gasteiger charge is 2.10. The molecule has 0 aromatic carbocycles. The van der Waals surface area contributed by atoms with Gasteiger partial charge in [0, 0.05) is 5.56 Å². The van der Waals surface area contributed by atoms with Gasteiger partial charge in [-0.3, -0.25) is 0 Å². The number of ether oxygens (including phenoxy) is 1. The largest absolute Gasteiger partial charge is 0.493 e. The number of hydrogen-bond acceptors (Lipinski definition) is 1. The van der Waals surface area contributed by atoms with Crippen LogP contribution >= 0.6 is 0 Å². The lowest BCUT2D eigenvalue weighted by molar-refractivity contribution is 0.305. The van der Waals surface area contributed by atoms with Gasteiger partial charge in [-0.15, -0.1) is 0 Å². The monoisotopic (exact) mass is 354 g/mol. The van der Waals surface area contributed by atoms with E-state index in [-0.39, 0.29) is 0 Å². The summed E-state index contributed by atoms with van der Waals surface area (Å²) in [6, 6.07) is 13.2. The molecule has 2 rings (SSSR count). The first-order chi connectivity index (χ1) is 12.7. The Morgan fingerprint density at radius 1 is 0.769 bits per heavy atom. The molecule has 0 saturated heterocycles. The van der Waals surface area contributed by atoms with Crippen molar-refractivity contribution in [2.45, 2.75) is 90.9 Å². The molecule has 0 atom stereocenters. The van der Waals surface area contributed by atoms with E-state index in [4.69, 9.17) is 4.74 Å². The van der Waals surface area contributed by atoms with E-state index in [1.54, 1.807) is 0 Å². The first-order valence-electron chi connectivity index (χ1n) is 10.9. The molecule has 144 valence electrons. The first-order valence-corrected chi connectivity index (χ1v) is 10.9.